The van der Waals surface area contributed by atoms with Gasteiger partial charge < -0.3 is 15.1 Å². The van der Waals surface area contributed by atoms with Gasteiger partial charge in [-0.15, -0.1) is 0 Å². The number of nitrogens with zero attached hydrogens (tertiary/aromatic N) is 4. The lowest BCUT2D eigenvalue weighted by Crippen LogP contribution is -2.45. The van der Waals surface area contributed by atoms with Gasteiger partial charge in [-0.3, -0.25) is 4.79 Å². The van der Waals surface area contributed by atoms with Crippen molar-refractivity contribution in [1.82, 2.24) is 20.2 Å². The summed E-state index contributed by atoms with van der Waals surface area (Å²) in [6.45, 7) is 9.29. The SMILES string of the molecule is CCN(CC)CCNC(=O)[C@@H]1CCCN(c2ncc(-c3ccc(F)cc3)cn2)C1. The maximum Gasteiger partial charge on any atom is 0.225 e. The van der Waals surface area contributed by atoms with E-state index in [4.69, 9.17) is 0 Å². The molecule has 1 aromatic carbocycles. The van der Waals surface area contributed by atoms with Crippen molar-refractivity contribution >= 4 is 11.9 Å². The minimum atomic E-state index is -0.263. The maximum absolute atomic E-state index is 13.1. The van der Waals surface area contributed by atoms with Crippen LogP contribution in [0.25, 0.3) is 11.1 Å². The molecule has 1 aromatic heterocycles. The van der Waals surface area contributed by atoms with Crippen LogP contribution in [0, 0.1) is 11.7 Å². The molecule has 1 atom stereocenters. The molecule has 0 spiro atoms. The van der Waals surface area contributed by atoms with Gasteiger partial charge in [-0.1, -0.05) is 26.0 Å². The van der Waals surface area contributed by atoms with Crippen molar-refractivity contribution in [3.63, 3.8) is 0 Å². The lowest BCUT2D eigenvalue weighted by atomic mass is 9.97. The van der Waals surface area contributed by atoms with E-state index in [-0.39, 0.29) is 17.6 Å². The van der Waals surface area contributed by atoms with Gasteiger partial charge in [0, 0.05) is 44.1 Å². The van der Waals surface area contributed by atoms with Crippen LogP contribution in [-0.2, 0) is 4.79 Å². The molecule has 6 nitrogen and oxygen atoms in total. The van der Waals surface area contributed by atoms with Gasteiger partial charge in [-0.05, 0) is 43.6 Å². The molecule has 3 rings (SSSR count). The maximum atomic E-state index is 13.1. The fourth-order valence-corrected chi connectivity index (χ4v) is 3.67. The van der Waals surface area contributed by atoms with Crippen molar-refractivity contribution < 1.29 is 9.18 Å². The van der Waals surface area contributed by atoms with Gasteiger partial charge in [0.05, 0.1) is 5.92 Å². The van der Waals surface area contributed by atoms with E-state index in [9.17, 15) is 9.18 Å². The molecule has 0 unspecified atom stereocenters. The van der Waals surface area contributed by atoms with Crippen LogP contribution in [0.2, 0.25) is 0 Å². The Morgan fingerprint density at radius 1 is 1.17 bits per heavy atom. The Bertz CT molecular complexity index is 777. The highest BCUT2D eigenvalue weighted by molar-refractivity contribution is 5.79. The van der Waals surface area contributed by atoms with Gasteiger partial charge in [-0.25, -0.2) is 14.4 Å². The summed E-state index contributed by atoms with van der Waals surface area (Å²) in [5.74, 6) is 0.447. The van der Waals surface area contributed by atoms with Crippen molar-refractivity contribution in [1.29, 1.82) is 0 Å². The Hall–Kier alpha value is -2.54. The summed E-state index contributed by atoms with van der Waals surface area (Å²) in [5, 5.41) is 3.08. The van der Waals surface area contributed by atoms with Crippen LogP contribution in [0.1, 0.15) is 26.7 Å². The number of hydrogen-bond donors (Lipinski definition) is 1. The second-order valence-corrected chi connectivity index (χ2v) is 7.38. The van der Waals surface area contributed by atoms with Gasteiger partial charge in [0.25, 0.3) is 0 Å². The smallest absolute Gasteiger partial charge is 0.225 e. The predicted molar refractivity (Wildman–Crippen MR) is 113 cm³/mol. The molecule has 1 aliphatic heterocycles. The third-order valence-corrected chi connectivity index (χ3v) is 5.51. The van der Waals surface area contributed by atoms with E-state index in [1.807, 2.05) is 0 Å². The number of hydrogen-bond acceptors (Lipinski definition) is 5. The first kappa shape index (κ1) is 21.2. The Labute approximate surface area is 172 Å². The van der Waals surface area contributed by atoms with Gasteiger partial charge in [0.1, 0.15) is 5.82 Å². The first-order valence-electron chi connectivity index (χ1n) is 10.4. The molecule has 0 radical (unpaired) electrons. The molecule has 1 aliphatic rings. The molecule has 7 heteroatoms. The van der Waals surface area contributed by atoms with Crippen molar-refractivity contribution in [2.75, 3.05) is 44.2 Å². The number of carbonyl (C=O) groups excluding carboxylic acids is 1. The molecule has 1 amide bonds. The van der Waals surface area contributed by atoms with E-state index >= 15 is 0 Å². The first-order chi connectivity index (χ1) is 14.1. The Balaban J connectivity index is 1.56. The number of anilines is 1. The summed E-state index contributed by atoms with van der Waals surface area (Å²) in [6, 6.07) is 6.29. The number of halogens is 1. The van der Waals surface area contributed by atoms with Gasteiger partial charge in [-0.2, -0.15) is 0 Å². The van der Waals surface area contributed by atoms with E-state index in [2.05, 4.69) is 38.9 Å². The standard InChI is InChI=1S/C22H30FN5O/c1-3-27(4-2)13-11-24-21(29)18-6-5-12-28(16-18)22-25-14-19(15-26-22)17-7-9-20(23)10-8-17/h7-10,14-15,18H,3-6,11-13,16H2,1-2H3,(H,24,29)/t18-/m1/s1. The molecule has 2 heterocycles. The number of likely N-dealkylation sites (N-methyl/N-ethyl adjacent to an activating group) is 1. The zero-order valence-electron chi connectivity index (χ0n) is 17.3. The number of nitrogens with one attached hydrogen (secondary N) is 1. The van der Waals surface area contributed by atoms with Crippen LogP contribution in [0.3, 0.4) is 0 Å². The first-order valence-corrected chi connectivity index (χ1v) is 10.4. The summed E-state index contributed by atoms with van der Waals surface area (Å²) in [7, 11) is 0. The molecule has 29 heavy (non-hydrogen) atoms. The molecule has 1 N–H and O–H groups in total. The lowest BCUT2D eigenvalue weighted by molar-refractivity contribution is -0.125. The molecule has 0 bridgehead atoms. The van der Waals surface area contributed by atoms with Crippen LogP contribution in [0.15, 0.2) is 36.7 Å². The summed E-state index contributed by atoms with van der Waals surface area (Å²) in [6.07, 6.45) is 5.34. The van der Waals surface area contributed by atoms with Crippen molar-refractivity contribution in [2.24, 2.45) is 5.92 Å². The van der Waals surface area contributed by atoms with E-state index < -0.39 is 0 Å². The number of piperidine rings is 1. The average molecular weight is 400 g/mol. The monoisotopic (exact) mass is 399 g/mol. The minimum Gasteiger partial charge on any atom is -0.355 e. The molecule has 1 saturated heterocycles. The fourth-order valence-electron chi connectivity index (χ4n) is 3.67. The molecule has 2 aromatic rings. The van der Waals surface area contributed by atoms with Crippen LogP contribution in [0.4, 0.5) is 10.3 Å². The topological polar surface area (TPSA) is 61.4 Å². The number of rotatable bonds is 8. The highest BCUT2D eigenvalue weighted by atomic mass is 19.1. The third kappa shape index (κ3) is 5.73. The van der Waals surface area contributed by atoms with E-state index in [1.165, 1.54) is 12.1 Å². The molecular weight excluding hydrogens is 369 g/mol. The van der Waals surface area contributed by atoms with Crippen molar-refractivity contribution in [3.05, 3.63) is 42.5 Å². The Kier molecular flexibility index (Phi) is 7.52. The lowest BCUT2D eigenvalue weighted by Gasteiger charge is -2.32. The summed E-state index contributed by atoms with van der Waals surface area (Å²) >= 11 is 0. The molecular formula is C22H30FN5O. The fraction of sp³-hybridized carbons (Fsp3) is 0.500. The van der Waals surface area contributed by atoms with Gasteiger partial charge >= 0.3 is 0 Å². The predicted octanol–water partition coefficient (Wildman–Crippen LogP) is 2.96. The number of benzene rings is 1. The quantitative estimate of drug-likeness (QED) is 0.740. The van der Waals surface area contributed by atoms with Gasteiger partial charge in [0.2, 0.25) is 11.9 Å². The van der Waals surface area contributed by atoms with Crippen LogP contribution >= 0.6 is 0 Å². The Morgan fingerprint density at radius 2 is 1.86 bits per heavy atom. The van der Waals surface area contributed by atoms with Crippen molar-refractivity contribution in [2.45, 2.75) is 26.7 Å². The molecule has 156 valence electrons. The second kappa shape index (κ2) is 10.3. The Morgan fingerprint density at radius 3 is 2.52 bits per heavy atom. The highest BCUT2D eigenvalue weighted by Crippen LogP contribution is 2.23. The molecule has 1 fully saturated rings. The van der Waals surface area contributed by atoms with E-state index in [0.717, 1.165) is 50.1 Å². The average Bonchev–Trinajstić information content (AvgIpc) is 2.77. The van der Waals surface area contributed by atoms with Gasteiger partial charge in [0.15, 0.2) is 0 Å². The zero-order chi connectivity index (χ0) is 20.6. The number of carbonyl (C=O) groups is 1. The molecule has 0 aliphatic carbocycles. The van der Waals surface area contributed by atoms with Crippen LogP contribution < -0.4 is 10.2 Å². The van der Waals surface area contributed by atoms with Crippen LogP contribution in [0.5, 0.6) is 0 Å². The van der Waals surface area contributed by atoms with Crippen LogP contribution in [-0.4, -0.2) is 60.0 Å². The van der Waals surface area contributed by atoms with E-state index in [0.29, 0.717) is 19.0 Å². The molecule has 0 saturated carbocycles. The third-order valence-electron chi connectivity index (χ3n) is 5.51. The number of aromatic nitrogens is 2. The largest absolute Gasteiger partial charge is 0.355 e. The summed E-state index contributed by atoms with van der Waals surface area (Å²) in [5.41, 5.74) is 1.72. The van der Waals surface area contributed by atoms with Crippen molar-refractivity contribution in [3.8, 4) is 11.1 Å². The minimum absolute atomic E-state index is 0.0409. The number of amides is 1. The second-order valence-electron chi connectivity index (χ2n) is 7.38. The summed E-state index contributed by atoms with van der Waals surface area (Å²) in [4.78, 5) is 25.9. The summed E-state index contributed by atoms with van der Waals surface area (Å²) < 4.78 is 13.1. The van der Waals surface area contributed by atoms with E-state index in [1.54, 1.807) is 24.5 Å². The zero-order valence-corrected chi connectivity index (χ0v) is 17.3. The normalized spacial score (nSPS) is 16.8. The highest BCUT2D eigenvalue weighted by Gasteiger charge is 2.27.